The fourth-order valence-corrected chi connectivity index (χ4v) is 1.98. The van der Waals surface area contributed by atoms with E-state index < -0.39 is 0 Å². The molecule has 0 aliphatic heterocycles. The maximum atomic E-state index is 5.41. The maximum Gasteiger partial charge on any atom is 0.143 e. The Morgan fingerprint density at radius 1 is 1.14 bits per heavy atom. The van der Waals surface area contributed by atoms with Gasteiger partial charge in [0.05, 0.1) is 11.4 Å². The van der Waals surface area contributed by atoms with E-state index in [1.54, 1.807) is 11.0 Å². The Labute approximate surface area is 128 Å². The van der Waals surface area contributed by atoms with Crippen molar-refractivity contribution in [2.45, 2.75) is 13.5 Å². The van der Waals surface area contributed by atoms with Crippen LogP contribution in [0.3, 0.4) is 0 Å². The van der Waals surface area contributed by atoms with Gasteiger partial charge in [-0.3, -0.25) is 0 Å². The molecule has 0 atom stereocenters. The Bertz CT molecular complexity index is 753. The minimum absolute atomic E-state index is 0.449. The number of tetrazole rings is 1. The summed E-state index contributed by atoms with van der Waals surface area (Å²) in [5.41, 5.74) is 3.72. The van der Waals surface area contributed by atoms with Gasteiger partial charge in [0.2, 0.25) is 0 Å². The molecule has 0 bridgehead atoms. The van der Waals surface area contributed by atoms with Crippen molar-refractivity contribution in [1.82, 2.24) is 20.2 Å². The van der Waals surface area contributed by atoms with E-state index in [1.165, 1.54) is 0 Å². The number of hydrogen-bond acceptors (Lipinski definition) is 5. The topological polar surface area (TPSA) is 65.2 Å². The first-order valence-corrected chi connectivity index (χ1v) is 6.87. The van der Waals surface area contributed by atoms with Crippen LogP contribution in [0.2, 0.25) is 0 Å². The fourth-order valence-electron chi connectivity index (χ4n) is 1.98. The van der Waals surface area contributed by atoms with Crippen molar-refractivity contribution in [2.75, 3.05) is 0 Å². The van der Waals surface area contributed by atoms with Crippen molar-refractivity contribution >= 4 is 5.71 Å². The van der Waals surface area contributed by atoms with Gasteiger partial charge in [-0.25, -0.2) is 4.68 Å². The summed E-state index contributed by atoms with van der Waals surface area (Å²) in [4.78, 5) is 5.41. The molecule has 22 heavy (non-hydrogen) atoms. The predicted molar refractivity (Wildman–Crippen MR) is 82.6 cm³/mol. The van der Waals surface area contributed by atoms with E-state index in [1.807, 2.05) is 61.5 Å². The molecule has 1 aromatic heterocycles. The lowest BCUT2D eigenvalue weighted by atomic mass is 10.1. The minimum Gasteiger partial charge on any atom is -0.391 e. The van der Waals surface area contributed by atoms with Gasteiger partial charge in [-0.2, -0.15) is 0 Å². The Morgan fingerprint density at radius 2 is 2.00 bits per heavy atom. The van der Waals surface area contributed by atoms with Crippen molar-refractivity contribution < 1.29 is 4.84 Å². The van der Waals surface area contributed by atoms with Crippen LogP contribution in [0, 0.1) is 0 Å². The smallest absolute Gasteiger partial charge is 0.143 e. The molecule has 0 N–H and O–H groups in total. The molecular weight excluding hydrogens is 278 g/mol. The van der Waals surface area contributed by atoms with E-state index in [9.17, 15) is 0 Å². The first kappa shape index (κ1) is 13.9. The summed E-state index contributed by atoms with van der Waals surface area (Å²) in [5, 5.41) is 15.3. The molecule has 0 aliphatic rings. The third kappa shape index (κ3) is 3.35. The second-order valence-electron chi connectivity index (χ2n) is 4.74. The van der Waals surface area contributed by atoms with E-state index in [4.69, 9.17) is 4.84 Å². The highest BCUT2D eigenvalue weighted by Crippen LogP contribution is 2.10. The third-order valence-corrected chi connectivity index (χ3v) is 3.15. The number of aromatic nitrogens is 4. The number of hydrogen-bond donors (Lipinski definition) is 0. The quantitative estimate of drug-likeness (QED) is 0.536. The molecule has 6 nitrogen and oxygen atoms in total. The predicted octanol–water partition coefficient (Wildman–Crippen LogP) is 2.60. The van der Waals surface area contributed by atoms with Gasteiger partial charge in [-0.1, -0.05) is 47.6 Å². The van der Waals surface area contributed by atoms with Crippen molar-refractivity contribution in [3.63, 3.8) is 0 Å². The van der Waals surface area contributed by atoms with Gasteiger partial charge >= 0.3 is 0 Å². The Morgan fingerprint density at radius 3 is 2.77 bits per heavy atom. The summed E-state index contributed by atoms with van der Waals surface area (Å²) in [6.45, 7) is 2.36. The van der Waals surface area contributed by atoms with Gasteiger partial charge in [-0.05, 0) is 35.0 Å². The van der Waals surface area contributed by atoms with Gasteiger partial charge in [0.1, 0.15) is 12.9 Å². The highest BCUT2D eigenvalue weighted by Gasteiger charge is 2.03. The van der Waals surface area contributed by atoms with Crippen molar-refractivity contribution in [3.8, 4) is 5.69 Å². The summed E-state index contributed by atoms with van der Waals surface area (Å²) in [5.74, 6) is 0. The molecule has 0 radical (unpaired) electrons. The van der Waals surface area contributed by atoms with Crippen LogP contribution in [-0.2, 0) is 11.4 Å². The average molecular weight is 293 g/mol. The van der Waals surface area contributed by atoms with Crippen LogP contribution in [-0.4, -0.2) is 25.9 Å². The summed E-state index contributed by atoms with van der Waals surface area (Å²) >= 11 is 0. The molecule has 0 saturated carbocycles. The Kier molecular flexibility index (Phi) is 4.20. The van der Waals surface area contributed by atoms with Gasteiger partial charge in [-0.15, -0.1) is 5.10 Å². The van der Waals surface area contributed by atoms with E-state index in [-0.39, 0.29) is 0 Å². The molecule has 0 amide bonds. The average Bonchev–Trinajstić information content (AvgIpc) is 3.10. The van der Waals surface area contributed by atoms with Crippen molar-refractivity contribution in [2.24, 2.45) is 5.16 Å². The normalized spacial score (nSPS) is 11.4. The number of nitrogens with zero attached hydrogens (tertiary/aromatic N) is 5. The summed E-state index contributed by atoms with van der Waals surface area (Å²) in [7, 11) is 0. The van der Waals surface area contributed by atoms with Crippen LogP contribution in [0.5, 0.6) is 0 Å². The van der Waals surface area contributed by atoms with Gasteiger partial charge in [0.25, 0.3) is 0 Å². The van der Waals surface area contributed by atoms with E-state index in [0.717, 1.165) is 22.5 Å². The standard InChI is InChI=1S/C16H15N5O/c1-13(18-22-11-14-6-3-2-4-7-14)15-8-5-9-16(10-15)21-12-17-19-20-21/h2-10,12H,11H2,1H3. The molecule has 6 heteroatoms. The molecule has 0 aliphatic carbocycles. The highest BCUT2D eigenvalue weighted by atomic mass is 16.6. The van der Waals surface area contributed by atoms with Crippen LogP contribution < -0.4 is 0 Å². The van der Waals surface area contributed by atoms with Crippen molar-refractivity contribution in [3.05, 3.63) is 72.1 Å². The Hall–Kier alpha value is -3.02. The monoisotopic (exact) mass is 293 g/mol. The Balaban J connectivity index is 1.70. The molecular formula is C16H15N5O. The molecule has 0 fully saturated rings. The molecule has 110 valence electrons. The second-order valence-corrected chi connectivity index (χ2v) is 4.74. The van der Waals surface area contributed by atoms with Crippen LogP contribution in [0.1, 0.15) is 18.1 Å². The largest absolute Gasteiger partial charge is 0.391 e. The van der Waals surface area contributed by atoms with E-state index in [0.29, 0.717) is 6.61 Å². The lowest BCUT2D eigenvalue weighted by Crippen LogP contribution is -2.00. The first-order valence-electron chi connectivity index (χ1n) is 6.87. The number of oxime groups is 1. The van der Waals surface area contributed by atoms with Crippen LogP contribution >= 0.6 is 0 Å². The van der Waals surface area contributed by atoms with Crippen LogP contribution in [0.25, 0.3) is 5.69 Å². The highest BCUT2D eigenvalue weighted by molar-refractivity contribution is 5.98. The zero-order valence-corrected chi connectivity index (χ0v) is 12.1. The SMILES string of the molecule is CC(=NOCc1ccccc1)c1cccc(-n2cnnn2)c1. The molecule has 0 saturated heterocycles. The van der Waals surface area contributed by atoms with E-state index in [2.05, 4.69) is 20.7 Å². The van der Waals surface area contributed by atoms with Crippen molar-refractivity contribution in [1.29, 1.82) is 0 Å². The lowest BCUT2D eigenvalue weighted by molar-refractivity contribution is 0.130. The van der Waals surface area contributed by atoms with E-state index >= 15 is 0 Å². The molecule has 0 spiro atoms. The molecule has 3 rings (SSSR count). The van der Waals surface area contributed by atoms with Crippen LogP contribution in [0.15, 0.2) is 66.1 Å². The van der Waals surface area contributed by atoms with Gasteiger partial charge in [0, 0.05) is 5.56 Å². The van der Waals surface area contributed by atoms with Crippen LogP contribution in [0.4, 0.5) is 0 Å². The molecule has 1 heterocycles. The molecule has 0 unspecified atom stereocenters. The van der Waals surface area contributed by atoms with Gasteiger partial charge in [0.15, 0.2) is 0 Å². The fraction of sp³-hybridized carbons (Fsp3) is 0.125. The maximum absolute atomic E-state index is 5.41. The third-order valence-electron chi connectivity index (χ3n) is 3.15. The second kappa shape index (κ2) is 6.62. The number of benzene rings is 2. The number of rotatable bonds is 5. The first-order chi connectivity index (χ1) is 10.8. The summed E-state index contributed by atoms with van der Waals surface area (Å²) < 4.78 is 1.60. The molecule has 3 aromatic rings. The summed E-state index contributed by atoms with van der Waals surface area (Å²) in [6.07, 6.45) is 1.55. The summed E-state index contributed by atoms with van der Waals surface area (Å²) in [6, 6.07) is 17.7. The zero-order valence-electron chi connectivity index (χ0n) is 12.1. The zero-order chi connectivity index (χ0) is 15.2. The van der Waals surface area contributed by atoms with Gasteiger partial charge < -0.3 is 4.84 Å². The minimum atomic E-state index is 0.449. The lowest BCUT2D eigenvalue weighted by Gasteiger charge is -2.05. The molecule has 2 aromatic carbocycles.